The van der Waals surface area contributed by atoms with Crippen LogP contribution < -0.4 is 10.6 Å². The predicted octanol–water partition coefficient (Wildman–Crippen LogP) is 2.39. The van der Waals surface area contributed by atoms with Crippen LogP contribution in [0.15, 0.2) is 0 Å². The molecule has 0 radical (unpaired) electrons. The highest BCUT2D eigenvalue weighted by molar-refractivity contribution is 5.94. The van der Waals surface area contributed by atoms with Gasteiger partial charge in [-0.05, 0) is 18.8 Å². The third-order valence-corrected chi connectivity index (χ3v) is 5.56. The highest BCUT2D eigenvalue weighted by Crippen LogP contribution is 2.31. The number of nitrogens with zero attached hydrogens (tertiary/aromatic N) is 1. The fourth-order valence-corrected chi connectivity index (χ4v) is 3.89. The van der Waals surface area contributed by atoms with Crippen LogP contribution in [0.1, 0.15) is 67.7 Å². The lowest BCUT2D eigenvalue weighted by molar-refractivity contribution is 0.0905. The van der Waals surface area contributed by atoms with Gasteiger partial charge in [0.1, 0.15) is 0 Å². The summed E-state index contributed by atoms with van der Waals surface area (Å²) >= 11 is 0. The van der Waals surface area contributed by atoms with Crippen LogP contribution in [0, 0.1) is 11.8 Å². The summed E-state index contributed by atoms with van der Waals surface area (Å²) in [5.41, 5.74) is 2.73. The Hall–Kier alpha value is -1.36. The lowest BCUT2D eigenvalue weighted by Gasteiger charge is -2.32. The van der Waals surface area contributed by atoms with Crippen LogP contribution in [0.3, 0.4) is 0 Å². The average Bonchev–Trinajstić information content (AvgIpc) is 2.99. The molecule has 1 aliphatic carbocycles. The molecule has 2 heterocycles. The summed E-state index contributed by atoms with van der Waals surface area (Å²) in [6.45, 7) is 6.10. The number of aromatic nitrogens is 2. The lowest BCUT2D eigenvalue weighted by atomic mass is 9.78. The van der Waals surface area contributed by atoms with E-state index < -0.39 is 0 Å². The van der Waals surface area contributed by atoms with Gasteiger partial charge in [-0.3, -0.25) is 9.89 Å². The number of amides is 1. The molecular weight excluding hydrogens is 276 g/mol. The van der Waals surface area contributed by atoms with Crippen molar-refractivity contribution >= 4 is 5.91 Å². The zero-order chi connectivity index (χ0) is 15.5. The summed E-state index contributed by atoms with van der Waals surface area (Å²) < 4.78 is 0. The summed E-state index contributed by atoms with van der Waals surface area (Å²) in [5.74, 6) is 1.24. The molecule has 1 fully saturated rings. The van der Waals surface area contributed by atoms with E-state index in [0.29, 0.717) is 11.6 Å². The number of aromatic amines is 1. The van der Waals surface area contributed by atoms with Crippen LogP contribution in [0.2, 0.25) is 0 Å². The molecule has 5 nitrogen and oxygen atoms in total. The maximum Gasteiger partial charge on any atom is 0.272 e. The van der Waals surface area contributed by atoms with E-state index >= 15 is 0 Å². The largest absolute Gasteiger partial charge is 0.348 e. The summed E-state index contributed by atoms with van der Waals surface area (Å²) in [6.07, 6.45) is 7.59. The Balaban J connectivity index is 1.62. The van der Waals surface area contributed by atoms with E-state index in [0.717, 1.165) is 36.7 Å². The van der Waals surface area contributed by atoms with E-state index in [9.17, 15) is 4.79 Å². The molecule has 0 saturated heterocycles. The van der Waals surface area contributed by atoms with Crippen LogP contribution in [0.4, 0.5) is 0 Å². The summed E-state index contributed by atoms with van der Waals surface area (Å²) in [6, 6.07) is 0.194. The first-order valence-electron chi connectivity index (χ1n) is 8.74. The second-order valence-corrected chi connectivity index (χ2v) is 6.98. The van der Waals surface area contributed by atoms with Crippen molar-refractivity contribution in [1.82, 2.24) is 20.8 Å². The fraction of sp³-hybridized carbons (Fsp3) is 0.765. The molecule has 0 aromatic carbocycles. The maximum atomic E-state index is 12.6. The molecule has 22 heavy (non-hydrogen) atoms. The van der Waals surface area contributed by atoms with E-state index in [1.807, 2.05) is 0 Å². The van der Waals surface area contributed by atoms with Crippen molar-refractivity contribution in [3.8, 4) is 0 Å². The van der Waals surface area contributed by atoms with Crippen LogP contribution in [0.5, 0.6) is 0 Å². The second-order valence-electron chi connectivity index (χ2n) is 6.98. The molecule has 0 spiro atoms. The molecular formula is C17H28N4O. The van der Waals surface area contributed by atoms with Gasteiger partial charge in [0, 0.05) is 36.8 Å². The highest BCUT2D eigenvalue weighted by Gasteiger charge is 2.27. The van der Waals surface area contributed by atoms with Crippen LogP contribution in [-0.4, -0.2) is 28.7 Å². The number of carbonyl (C=O) groups is 1. The molecule has 1 aromatic heterocycles. The van der Waals surface area contributed by atoms with Crippen molar-refractivity contribution in [1.29, 1.82) is 0 Å². The van der Waals surface area contributed by atoms with Gasteiger partial charge in [-0.2, -0.15) is 5.10 Å². The van der Waals surface area contributed by atoms with Crippen LogP contribution in [0.25, 0.3) is 0 Å². The number of rotatable bonds is 4. The summed E-state index contributed by atoms with van der Waals surface area (Å²) in [7, 11) is 0. The van der Waals surface area contributed by atoms with Crippen molar-refractivity contribution in [2.75, 3.05) is 6.54 Å². The van der Waals surface area contributed by atoms with Gasteiger partial charge in [0.15, 0.2) is 5.69 Å². The Labute approximate surface area is 132 Å². The first-order chi connectivity index (χ1) is 10.7. The Morgan fingerprint density at radius 3 is 2.82 bits per heavy atom. The minimum atomic E-state index is -0.0311. The molecule has 3 N–H and O–H groups in total. The minimum absolute atomic E-state index is 0.0311. The third kappa shape index (κ3) is 3.19. The molecule has 2 atom stereocenters. The standard InChI is InChI=1S/C17H28N4O/c1-11(13-6-4-3-5-7-13)12(2)19-17(22)16-14-10-18-9-8-15(14)20-21-16/h11-13,18H,3-10H2,1-2H3,(H,19,22)(H,20,21). The van der Waals surface area contributed by atoms with Gasteiger partial charge in [0.05, 0.1) is 0 Å². The molecule has 122 valence electrons. The topological polar surface area (TPSA) is 69.8 Å². The number of carbonyl (C=O) groups excluding carboxylic acids is 1. The first-order valence-corrected chi connectivity index (χ1v) is 8.74. The van der Waals surface area contributed by atoms with Gasteiger partial charge in [-0.1, -0.05) is 39.0 Å². The smallest absolute Gasteiger partial charge is 0.272 e. The Morgan fingerprint density at radius 2 is 2.05 bits per heavy atom. The molecule has 1 aromatic rings. The van der Waals surface area contributed by atoms with E-state index in [4.69, 9.17) is 0 Å². The van der Waals surface area contributed by atoms with E-state index in [1.54, 1.807) is 0 Å². The summed E-state index contributed by atoms with van der Waals surface area (Å²) in [4.78, 5) is 12.6. The van der Waals surface area contributed by atoms with E-state index in [2.05, 4.69) is 34.7 Å². The zero-order valence-electron chi connectivity index (χ0n) is 13.7. The number of fused-ring (bicyclic) bond motifs is 1. The van der Waals surface area contributed by atoms with E-state index in [1.165, 1.54) is 32.1 Å². The van der Waals surface area contributed by atoms with Gasteiger partial charge in [0.2, 0.25) is 0 Å². The molecule has 2 unspecified atom stereocenters. The molecule has 5 heteroatoms. The molecule has 1 saturated carbocycles. The first kappa shape index (κ1) is 15.5. The van der Waals surface area contributed by atoms with Crippen molar-refractivity contribution in [2.24, 2.45) is 11.8 Å². The Kier molecular flexibility index (Phi) is 4.81. The van der Waals surface area contributed by atoms with Gasteiger partial charge in [-0.25, -0.2) is 0 Å². The average molecular weight is 304 g/mol. The van der Waals surface area contributed by atoms with Crippen molar-refractivity contribution in [3.05, 3.63) is 17.0 Å². The van der Waals surface area contributed by atoms with Crippen LogP contribution >= 0.6 is 0 Å². The second kappa shape index (κ2) is 6.82. The minimum Gasteiger partial charge on any atom is -0.348 e. The van der Waals surface area contributed by atoms with Gasteiger partial charge in [0.25, 0.3) is 5.91 Å². The normalized spacial score (nSPS) is 21.9. The lowest BCUT2D eigenvalue weighted by Crippen LogP contribution is -2.41. The quantitative estimate of drug-likeness (QED) is 0.800. The van der Waals surface area contributed by atoms with Crippen molar-refractivity contribution in [3.63, 3.8) is 0 Å². The summed E-state index contributed by atoms with van der Waals surface area (Å²) in [5, 5.41) is 13.8. The number of hydrogen-bond donors (Lipinski definition) is 3. The fourth-order valence-electron chi connectivity index (χ4n) is 3.89. The molecule has 1 aliphatic heterocycles. The molecule has 1 amide bonds. The molecule has 3 rings (SSSR count). The van der Waals surface area contributed by atoms with Gasteiger partial charge >= 0.3 is 0 Å². The number of nitrogens with one attached hydrogen (secondary N) is 3. The number of hydrogen-bond acceptors (Lipinski definition) is 3. The monoisotopic (exact) mass is 304 g/mol. The Bertz CT molecular complexity index is 519. The third-order valence-electron chi connectivity index (χ3n) is 5.56. The highest BCUT2D eigenvalue weighted by atomic mass is 16.2. The maximum absolute atomic E-state index is 12.6. The molecule has 2 aliphatic rings. The predicted molar refractivity (Wildman–Crippen MR) is 86.7 cm³/mol. The van der Waals surface area contributed by atoms with Gasteiger partial charge in [-0.15, -0.1) is 0 Å². The Morgan fingerprint density at radius 1 is 1.27 bits per heavy atom. The number of H-pyrrole nitrogens is 1. The van der Waals surface area contributed by atoms with Crippen LogP contribution in [-0.2, 0) is 13.0 Å². The van der Waals surface area contributed by atoms with E-state index in [-0.39, 0.29) is 11.9 Å². The van der Waals surface area contributed by atoms with Gasteiger partial charge < -0.3 is 10.6 Å². The van der Waals surface area contributed by atoms with Crippen molar-refractivity contribution in [2.45, 2.75) is 65.0 Å². The zero-order valence-corrected chi connectivity index (χ0v) is 13.7. The van der Waals surface area contributed by atoms with Crippen molar-refractivity contribution < 1.29 is 4.79 Å². The molecule has 0 bridgehead atoms. The SMILES string of the molecule is CC(NC(=O)c1n[nH]c2c1CNCC2)C(C)C1CCCCC1.